The molecule has 2 aliphatic heterocycles. The molecule has 2 aliphatic rings. The Bertz CT molecular complexity index is 782. The summed E-state index contributed by atoms with van der Waals surface area (Å²) in [4.78, 5) is 13.5. The zero-order chi connectivity index (χ0) is 32.8. The maximum absolute atomic E-state index is 13.5. The average molecular weight is 637 g/mol. The highest BCUT2D eigenvalue weighted by Crippen LogP contribution is 2.32. The number of hydrogen-bond acceptors (Lipinski definition) is 12. The molecule has 0 aromatic heterocycles. The minimum absolute atomic E-state index is 0.271. The third-order valence-corrected chi connectivity index (χ3v) is 8.91. The Hall–Kier alpha value is -0.930. The number of carbonyl (C=O) groups is 1. The second kappa shape index (κ2) is 20.3. The van der Waals surface area contributed by atoms with E-state index in [1.165, 1.54) is 0 Å². The number of rotatable bonds is 20. The molecule has 44 heavy (non-hydrogen) atoms. The minimum Gasteiger partial charge on any atom is -0.456 e. The predicted molar refractivity (Wildman–Crippen MR) is 161 cm³/mol. The summed E-state index contributed by atoms with van der Waals surface area (Å²) in [5.74, 6) is -1.46. The van der Waals surface area contributed by atoms with Crippen LogP contribution in [0.3, 0.4) is 0 Å². The number of carbonyl (C=O) groups excluding carboxylic acids is 1. The molecule has 12 heteroatoms. The van der Waals surface area contributed by atoms with Crippen LogP contribution < -0.4 is 0 Å². The molecule has 0 aromatic carbocycles. The van der Waals surface area contributed by atoms with E-state index in [0.29, 0.717) is 19.3 Å². The molecule has 0 aliphatic carbocycles. The lowest BCUT2D eigenvalue weighted by Crippen LogP contribution is -2.64. The van der Waals surface area contributed by atoms with Gasteiger partial charge in [-0.25, -0.2) is 0 Å². The summed E-state index contributed by atoms with van der Waals surface area (Å²) in [5.41, 5.74) is 0. The van der Waals surface area contributed by atoms with E-state index in [-0.39, 0.29) is 12.5 Å². The van der Waals surface area contributed by atoms with Crippen molar-refractivity contribution in [3.63, 3.8) is 0 Å². The van der Waals surface area contributed by atoms with Gasteiger partial charge in [0.1, 0.15) is 36.6 Å². The average Bonchev–Trinajstić information content (AvgIpc) is 2.99. The van der Waals surface area contributed by atoms with E-state index in [1.807, 2.05) is 0 Å². The summed E-state index contributed by atoms with van der Waals surface area (Å²) in [5, 5.41) is 73.5. The van der Waals surface area contributed by atoms with E-state index in [2.05, 4.69) is 6.92 Å². The second-order valence-corrected chi connectivity index (χ2v) is 12.6. The van der Waals surface area contributed by atoms with Gasteiger partial charge in [-0.15, -0.1) is 0 Å². The van der Waals surface area contributed by atoms with Crippen LogP contribution in [0.2, 0.25) is 0 Å². The molecule has 7 N–H and O–H groups in total. The summed E-state index contributed by atoms with van der Waals surface area (Å²) in [6.07, 6.45) is -4.43. The Kier molecular flexibility index (Phi) is 18.1. The van der Waals surface area contributed by atoms with Crippen LogP contribution in [0.25, 0.3) is 0 Å². The third-order valence-electron chi connectivity index (χ3n) is 8.91. The standard InChI is InChI=1S/C32H60O12/c1-5-8-9-14-17-20(21(34)18-15-12-10-11-13-16-19(4)33)30(39)43-28-23(7-3)42-32(27(38)26(28)37)44-29-25(36)24(35)22(6-2)41-31(29)40/h19-29,31-38,40H,5-18H2,1-4H3/t19?,20?,21?,22?,23?,24-,25+,26-,27?,28-,29?,31+,32+/m1/s1. The van der Waals surface area contributed by atoms with Gasteiger partial charge in [-0.05, 0) is 39.0 Å². The maximum Gasteiger partial charge on any atom is 0.312 e. The van der Waals surface area contributed by atoms with Crippen LogP contribution >= 0.6 is 0 Å². The molecular weight excluding hydrogens is 576 g/mol. The van der Waals surface area contributed by atoms with Gasteiger partial charge in [0, 0.05) is 0 Å². The van der Waals surface area contributed by atoms with E-state index in [1.54, 1.807) is 20.8 Å². The third kappa shape index (κ3) is 11.7. The minimum atomic E-state index is -1.71. The summed E-state index contributed by atoms with van der Waals surface area (Å²) in [7, 11) is 0. The van der Waals surface area contributed by atoms with Crippen molar-refractivity contribution in [2.75, 3.05) is 0 Å². The van der Waals surface area contributed by atoms with Gasteiger partial charge >= 0.3 is 5.97 Å². The van der Waals surface area contributed by atoms with Gasteiger partial charge in [-0.1, -0.05) is 78.6 Å². The maximum atomic E-state index is 13.5. The van der Waals surface area contributed by atoms with Crippen molar-refractivity contribution in [3.05, 3.63) is 0 Å². The van der Waals surface area contributed by atoms with Crippen molar-refractivity contribution in [3.8, 4) is 0 Å². The van der Waals surface area contributed by atoms with E-state index >= 15 is 0 Å². The quantitative estimate of drug-likeness (QED) is 0.0760. The highest BCUT2D eigenvalue weighted by atomic mass is 16.7. The first-order valence-electron chi connectivity index (χ1n) is 16.9. The monoisotopic (exact) mass is 636 g/mol. The smallest absolute Gasteiger partial charge is 0.312 e. The normalized spacial score (nSPS) is 34.8. The molecule has 2 saturated heterocycles. The van der Waals surface area contributed by atoms with Gasteiger partial charge < -0.3 is 54.7 Å². The molecule has 12 nitrogen and oxygen atoms in total. The Morgan fingerprint density at radius 3 is 1.86 bits per heavy atom. The van der Waals surface area contributed by atoms with Crippen LogP contribution in [-0.4, -0.2) is 115 Å². The molecule has 13 atom stereocenters. The number of hydrogen-bond donors (Lipinski definition) is 7. The Labute approximate surface area is 262 Å². The van der Waals surface area contributed by atoms with Crippen molar-refractivity contribution < 1.29 is 59.5 Å². The van der Waals surface area contributed by atoms with Crippen molar-refractivity contribution in [1.82, 2.24) is 0 Å². The molecule has 0 bridgehead atoms. The van der Waals surface area contributed by atoms with Crippen molar-refractivity contribution >= 4 is 5.97 Å². The molecule has 2 heterocycles. The molecular formula is C32H60O12. The number of esters is 1. The van der Waals surface area contributed by atoms with Crippen LogP contribution in [-0.2, 0) is 23.7 Å². The first-order chi connectivity index (χ1) is 21.0. The van der Waals surface area contributed by atoms with E-state index in [4.69, 9.17) is 18.9 Å². The van der Waals surface area contributed by atoms with Gasteiger partial charge in [0.05, 0.1) is 24.2 Å². The fourth-order valence-corrected chi connectivity index (χ4v) is 6.06. The number of ether oxygens (including phenoxy) is 4. The summed E-state index contributed by atoms with van der Waals surface area (Å²) in [6.45, 7) is 7.34. The number of aliphatic hydroxyl groups excluding tert-OH is 7. The Balaban J connectivity index is 2.02. The molecule has 2 rings (SSSR count). The first-order valence-corrected chi connectivity index (χ1v) is 16.9. The molecule has 0 radical (unpaired) electrons. The highest BCUT2D eigenvalue weighted by molar-refractivity contribution is 5.73. The van der Waals surface area contributed by atoms with E-state index in [0.717, 1.165) is 64.2 Å². The fourth-order valence-electron chi connectivity index (χ4n) is 6.06. The molecule has 2 fully saturated rings. The lowest BCUT2D eigenvalue weighted by atomic mass is 9.91. The molecule has 7 unspecified atom stereocenters. The van der Waals surface area contributed by atoms with Crippen LogP contribution in [0, 0.1) is 5.92 Å². The number of unbranched alkanes of at least 4 members (excludes halogenated alkanes) is 7. The van der Waals surface area contributed by atoms with Crippen LogP contribution in [0.15, 0.2) is 0 Å². The summed E-state index contributed by atoms with van der Waals surface area (Å²) in [6, 6.07) is 0. The van der Waals surface area contributed by atoms with Gasteiger partial charge in [-0.3, -0.25) is 4.79 Å². The van der Waals surface area contributed by atoms with Crippen LogP contribution in [0.1, 0.15) is 118 Å². The Morgan fingerprint density at radius 1 is 0.682 bits per heavy atom. The number of aliphatic hydroxyl groups is 7. The molecule has 0 amide bonds. The van der Waals surface area contributed by atoms with Gasteiger partial charge in [-0.2, -0.15) is 0 Å². The molecule has 0 aromatic rings. The van der Waals surface area contributed by atoms with Gasteiger partial charge in [0.25, 0.3) is 0 Å². The second-order valence-electron chi connectivity index (χ2n) is 12.6. The van der Waals surface area contributed by atoms with Crippen molar-refractivity contribution in [2.24, 2.45) is 5.92 Å². The fraction of sp³-hybridized carbons (Fsp3) is 0.969. The van der Waals surface area contributed by atoms with Gasteiger partial charge in [0.2, 0.25) is 0 Å². The lowest BCUT2D eigenvalue weighted by Gasteiger charge is -2.46. The summed E-state index contributed by atoms with van der Waals surface area (Å²) < 4.78 is 22.6. The topological polar surface area (TPSA) is 196 Å². The van der Waals surface area contributed by atoms with Gasteiger partial charge in [0.15, 0.2) is 18.7 Å². The van der Waals surface area contributed by atoms with Crippen molar-refractivity contribution in [2.45, 2.75) is 191 Å². The highest BCUT2D eigenvalue weighted by Gasteiger charge is 2.51. The molecule has 260 valence electrons. The Morgan fingerprint density at radius 2 is 1.25 bits per heavy atom. The van der Waals surface area contributed by atoms with E-state index in [9.17, 15) is 40.5 Å². The van der Waals surface area contributed by atoms with Crippen LogP contribution in [0.5, 0.6) is 0 Å². The summed E-state index contributed by atoms with van der Waals surface area (Å²) >= 11 is 0. The zero-order valence-corrected chi connectivity index (χ0v) is 27.1. The predicted octanol–water partition coefficient (Wildman–Crippen LogP) is 2.05. The molecule has 0 spiro atoms. The first kappa shape index (κ1) is 39.2. The largest absolute Gasteiger partial charge is 0.456 e. The van der Waals surface area contributed by atoms with Crippen molar-refractivity contribution in [1.29, 1.82) is 0 Å². The van der Waals surface area contributed by atoms with Crippen LogP contribution in [0.4, 0.5) is 0 Å². The lowest BCUT2D eigenvalue weighted by molar-refractivity contribution is -0.359. The van der Waals surface area contributed by atoms with E-state index < -0.39 is 79.4 Å². The molecule has 0 saturated carbocycles. The zero-order valence-electron chi connectivity index (χ0n) is 27.1. The SMILES string of the molecule is CCCCCCC(C(=O)O[C@@H]1C(CC)O[C@@H](OC2[C@@H](O)[C@H](O)C(CC)O[C@@H]2O)C(O)[C@H]1O)C(O)CCCCCCCC(C)O.